The molecule has 0 aromatic heterocycles. The first-order valence-electron chi connectivity index (χ1n) is 8.26. The molecule has 0 bridgehead atoms. The molecule has 142 valence electrons. The summed E-state index contributed by atoms with van der Waals surface area (Å²) in [7, 11) is -2.35. The zero-order valence-electron chi connectivity index (χ0n) is 14.2. The predicted octanol–water partition coefficient (Wildman–Crippen LogP) is 3.16. The number of methoxy groups -OCH3 is 1. The standard InChI is InChI=1S/C17H19F3N2O3S/c1-25-14-9-16(10-14)4-6-22(7-5-16)26(23,24)15-3-2-13(17(18,19)20)8-12(15)11-21/h2-3,8,14H,4-7,9-10H2,1H3. The van der Waals surface area contributed by atoms with E-state index in [2.05, 4.69) is 0 Å². The highest BCUT2D eigenvalue weighted by atomic mass is 32.2. The SMILES string of the molecule is COC1CC2(CCN(S(=O)(=O)c3ccc(C(F)(F)F)cc3C#N)CC2)C1. The van der Waals surface area contributed by atoms with Crippen molar-refractivity contribution in [2.45, 2.75) is 42.9 Å². The smallest absolute Gasteiger partial charge is 0.381 e. The number of alkyl halides is 3. The Morgan fingerprint density at radius 3 is 2.38 bits per heavy atom. The van der Waals surface area contributed by atoms with Crippen molar-refractivity contribution in [3.05, 3.63) is 29.3 Å². The highest BCUT2D eigenvalue weighted by molar-refractivity contribution is 7.89. The maximum Gasteiger partial charge on any atom is 0.416 e. The van der Waals surface area contributed by atoms with Gasteiger partial charge in [0.05, 0.1) is 22.1 Å². The molecular formula is C17H19F3N2O3S. The fourth-order valence-electron chi connectivity index (χ4n) is 3.84. The molecule has 5 nitrogen and oxygen atoms in total. The molecule has 9 heteroatoms. The van der Waals surface area contributed by atoms with Crippen molar-refractivity contribution in [1.82, 2.24) is 4.31 Å². The molecule has 1 aromatic rings. The van der Waals surface area contributed by atoms with Gasteiger partial charge in [-0.2, -0.15) is 22.7 Å². The molecule has 26 heavy (non-hydrogen) atoms. The molecule has 1 saturated heterocycles. The molecule has 1 aliphatic carbocycles. The molecule has 1 spiro atoms. The monoisotopic (exact) mass is 388 g/mol. The lowest BCUT2D eigenvalue weighted by atomic mass is 9.62. The maximum atomic E-state index is 12.8. The van der Waals surface area contributed by atoms with Crippen LogP contribution in [0.15, 0.2) is 23.1 Å². The summed E-state index contributed by atoms with van der Waals surface area (Å²) in [6, 6.07) is 3.76. The van der Waals surface area contributed by atoms with Crippen LogP contribution in [0.25, 0.3) is 0 Å². The van der Waals surface area contributed by atoms with Gasteiger partial charge in [-0.05, 0) is 49.3 Å². The second-order valence-electron chi connectivity index (χ2n) is 6.99. The van der Waals surface area contributed by atoms with E-state index in [1.54, 1.807) is 13.2 Å². The van der Waals surface area contributed by atoms with Crippen LogP contribution in [0.4, 0.5) is 13.2 Å². The van der Waals surface area contributed by atoms with E-state index < -0.39 is 27.3 Å². The van der Waals surface area contributed by atoms with Gasteiger partial charge in [0.15, 0.2) is 0 Å². The maximum absolute atomic E-state index is 12.8. The molecule has 3 rings (SSSR count). The lowest BCUT2D eigenvalue weighted by Gasteiger charge is -2.51. The van der Waals surface area contributed by atoms with Gasteiger partial charge < -0.3 is 4.74 Å². The lowest BCUT2D eigenvalue weighted by molar-refractivity contribution is -0.137. The molecule has 2 fully saturated rings. The molecule has 2 aliphatic rings. The van der Waals surface area contributed by atoms with Crippen LogP contribution in [0, 0.1) is 16.7 Å². The molecular weight excluding hydrogens is 369 g/mol. The van der Waals surface area contributed by atoms with Gasteiger partial charge in [-0.3, -0.25) is 0 Å². The first kappa shape index (κ1) is 19.1. The highest BCUT2D eigenvalue weighted by Gasteiger charge is 2.47. The van der Waals surface area contributed by atoms with Gasteiger partial charge in [-0.15, -0.1) is 0 Å². The summed E-state index contributed by atoms with van der Waals surface area (Å²) in [6.07, 6.45) is -1.22. The quantitative estimate of drug-likeness (QED) is 0.798. The highest BCUT2D eigenvalue weighted by Crippen LogP contribution is 2.50. The minimum atomic E-state index is -4.63. The second kappa shape index (κ2) is 6.51. The molecule has 0 radical (unpaired) electrons. The number of piperidine rings is 1. The Morgan fingerprint density at radius 2 is 1.88 bits per heavy atom. The van der Waals surface area contributed by atoms with Crippen LogP contribution in [0.3, 0.4) is 0 Å². The minimum Gasteiger partial charge on any atom is -0.381 e. The summed E-state index contributed by atoms with van der Waals surface area (Å²) in [5, 5.41) is 9.14. The van der Waals surface area contributed by atoms with Gasteiger partial charge in [0.2, 0.25) is 10.0 Å². The van der Waals surface area contributed by atoms with Crippen LogP contribution in [-0.4, -0.2) is 39.0 Å². The molecule has 1 aliphatic heterocycles. The number of nitriles is 1. The van der Waals surface area contributed by atoms with Crippen LogP contribution < -0.4 is 0 Å². The van der Waals surface area contributed by atoms with Crippen LogP contribution in [0.2, 0.25) is 0 Å². The van der Waals surface area contributed by atoms with E-state index in [0.717, 1.165) is 18.9 Å². The lowest BCUT2D eigenvalue weighted by Crippen LogP contribution is -2.50. The Hall–Kier alpha value is -1.63. The molecule has 1 saturated carbocycles. The first-order chi connectivity index (χ1) is 12.1. The van der Waals surface area contributed by atoms with E-state index in [4.69, 9.17) is 10.00 Å². The van der Waals surface area contributed by atoms with Crippen LogP contribution in [-0.2, 0) is 20.9 Å². The number of rotatable bonds is 3. The molecule has 1 heterocycles. The molecule has 0 amide bonds. The normalized spacial score (nSPS) is 21.3. The third-order valence-corrected chi connectivity index (χ3v) is 7.44. The number of benzene rings is 1. The van der Waals surface area contributed by atoms with E-state index in [1.807, 2.05) is 0 Å². The third kappa shape index (κ3) is 3.33. The van der Waals surface area contributed by atoms with Crippen molar-refractivity contribution in [2.75, 3.05) is 20.2 Å². The van der Waals surface area contributed by atoms with Crippen molar-refractivity contribution in [3.63, 3.8) is 0 Å². The van der Waals surface area contributed by atoms with E-state index in [-0.39, 0.29) is 16.4 Å². The molecule has 0 N–H and O–H groups in total. The van der Waals surface area contributed by atoms with E-state index in [1.165, 1.54) is 4.31 Å². The van der Waals surface area contributed by atoms with Gasteiger partial charge in [-0.1, -0.05) is 0 Å². The van der Waals surface area contributed by atoms with Crippen molar-refractivity contribution < 1.29 is 26.3 Å². The number of nitrogens with zero attached hydrogens (tertiary/aromatic N) is 2. The summed E-state index contributed by atoms with van der Waals surface area (Å²) >= 11 is 0. The minimum absolute atomic E-state index is 0.102. The van der Waals surface area contributed by atoms with Crippen molar-refractivity contribution >= 4 is 10.0 Å². The zero-order valence-corrected chi connectivity index (χ0v) is 15.0. The van der Waals surface area contributed by atoms with Crippen LogP contribution in [0.1, 0.15) is 36.8 Å². The summed E-state index contributed by atoms with van der Waals surface area (Å²) in [5.41, 5.74) is -1.42. The van der Waals surface area contributed by atoms with Crippen molar-refractivity contribution in [2.24, 2.45) is 5.41 Å². The van der Waals surface area contributed by atoms with E-state index in [9.17, 15) is 21.6 Å². The van der Waals surface area contributed by atoms with Crippen LogP contribution in [0.5, 0.6) is 0 Å². The second-order valence-corrected chi connectivity index (χ2v) is 8.90. The summed E-state index contributed by atoms with van der Waals surface area (Å²) in [5.74, 6) is 0. The number of halogens is 3. The third-order valence-electron chi connectivity index (χ3n) is 5.48. The largest absolute Gasteiger partial charge is 0.416 e. The fourth-order valence-corrected chi connectivity index (χ4v) is 5.40. The Kier molecular flexibility index (Phi) is 4.80. The van der Waals surface area contributed by atoms with Gasteiger partial charge in [0.1, 0.15) is 6.07 Å². The zero-order chi connectivity index (χ0) is 19.2. The van der Waals surface area contributed by atoms with Gasteiger partial charge in [-0.25, -0.2) is 8.42 Å². The molecule has 1 aromatic carbocycles. The Labute approximate surface area is 150 Å². The summed E-state index contributed by atoms with van der Waals surface area (Å²) in [6.45, 7) is 0.593. The first-order valence-corrected chi connectivity index (χ1v) is 9.70. The molecule has 0 atom stereocenters. The Morgan fingerprint density at radius 1 is 1.27 bits per heavy atom. The van der Waals surface area contributed by atoms with Gasteiger partial charge >= 0.3 is 6.18 Å². The summed E-state index contributed by atoms with van der Waals surface area (Å²) < 4.78 is 70.6. The topological polar surface area (TPSA) is 70.4 Å². The van der Waals surface area contributed by atoms with Crippen molar-refractivity contribution in [1.29, 1.82) is 5.26 Å². The van der Waals surface area contributed by atoms with Crippen molar-refractivity contribution in [3.8, 4) is 6.07 Å². The average Bonchev–Trinajstić information content (AvgIpc) is 2.58. The molecule has 0 unspecified atom stereocenters. The number of hydrogen-bond donors (Lipinski definition) is 0. The summed E-state index contributed by atoms with van der Waals surface area (Å²) in [4.78, 5) is -0.368. The van der Waals surface area contributed by atoms with Gasteiger partial charge in [0, 0.05) is 20.2 Å². The number of hydrogen-bond acceptors (Lipinski definition) is 4. The Bertz CT molecular complexity index is 830. The number of sulfonamides is 1. The Balaban J connectivity index is 1.80. The van der Waals surface area contributed by atoms with Gasteiger partial charge in [0.25, 0.3) is 0 Å². The van der Waals surface area contributed by atoms with E-state index in [0.29, 0.717) is 38.1 Å². The number of ether oxygens (including phenoxy) is 1. The van der Waals surface area contributed by atoms with Crippen LogP contribution >= 0.6 is 0 Å². The average molecular weight is 388 g/mol. The van der Waals surface area contributed by atoms with E-state index >= 15 is 0 Å². The fraction of sp³-hybridized carbons (Fsp3) is 0.588. The predicted molar refractivity (Wildman–Crippen MR) is 86.6 cm³/mol.